The summed E-state index contributed by atoms with van der Waals surface area (Å²) in [6.45, 7) is 1.78. The summed E-state index contributed by atoms with van der Waals surface area (Å²) in [6, 6.07) is 19.6. The van der Waals surface area contributed by atoms with Gasteiger partial charge in [0.25, 0.3) is 5.91 Å². The molecule has 1 aliphatic carbocycles. The van der Waals surface area contributed by atoms with Crippen LogP contribution in [0.5, 0.6) is 17.2 Å². The van der Waals surface area contributed by atoms with Crippen LogP contribution >= 0.6 is 0 Å². The van der Waals surface area contributed by atoms with Gasteiger partial charge < -0.3 is 29.3 Å². The first-order valence-corrected chi connectivity index (χ1v) is 14.2. The van der Waals surface area contributed by atoms with Crippen LogP contribution < -0.4 is 30.3 Å². The second kappa shape index (κ2) is 11.8. The highest BCUT2D eigenvalue weighted by Gasteiger charge is 2.42. The number of benzene rings is 3. The van der Waals surface area contributed by atoms with E-state index in [9.17, 15) is 14.4 Å². The molecule has 2 N–H and O–H groups in total. The van der Waals surface area contributed by atoms with Crippen LogP contribution in [-0.2, 0) is 9.59 Å². The Bertz CT molecular complexity index is 1920. The lowest BCUT2D eigenvalue weighted by Gasteiger charge is -2.36. The Morgan fingerprint density at radius 3 is 2.39 bits per heavy atom. The predicted molar refractivity (Wildman–Crippen MR) is 166 cm³/mol. The van der Waals surface area contributed by atoms with Crippen molar-refractivity contribution in [3.8, 4) is 17.2 Å². The van der Waals surface area contributed by atoms with Gasteiger partial charge in [-0.3, -0.25) is 14.4 Å². The van der Waals surface area contributed by atoms with Crippen molar-refractivity contribution in [1.82, 2.24) is 5.32 Å². The number of ketones is 1. The molecule has 6 rings (SSSR count). The first kappa shape index (κ1) is 28.8. The molecule has 4 aromatic rings. The van der Waals surface area contributed by atoms with Crippen LogP contribution in [0.3, 0.4) is 0 Å². The second-order valence-electron chi connectivity index (χ2n) is 10.8. The number of Topliss-reactive ketones (excluding diaryl/α,β-unsaturated/α-hetero) is 1. The monoisotopic (exact) mass is 592 g/mol. The zero-order valence-electron chi connectivity index (χ0n) is 24.9. The number of fused-ring (bicyclic) bond motifs is 1. The van der Waals surface area contributed by atoms with Gasteiger partial charge in [-0.1, -0.05) is 30.3 Å². The van der Waals surface area contributed by atoms with Crippen LogP contribution in [0.25, 0.3) is 11.0 Å². The topological polar surface area (TPSA) is 116 Å². The molecule has 2 heterocycles. The van der Waals surface area contributed by atoms with Crippen molar-refractivity contribution in [2.45, 2.75) is 31.6 Å². The molecule has 9 nitrogen and oxygen atoms in total. The van der Waals surface area contributed by atoms with Gasteiger partial charge in [-0.05, 0) is 61.2 Å². The summed E-state index contributed by atoms with van der Waals surface area (Å²) >= 11 is 0. The quantitative estimate of drug-likeness (QED) is 0.276. The van der Waals surface area contributed by atoms with Crippen LogP contribution in [0.2, 0.25) is 0 Å². The maximum atomic E-state index is 14.1. The highest BCUT2D eigenvalue weighted by Crippen LogP contribution is 2.46. The fourth-order valence-corrected chi connectivity index (χ4v) is 6.22. The van der Waals surface area contributed by atoms with Gasteiger partial charge in [-0.15, -0.1) is 0 Å². The molecular weight excluding hydrogens is 560 g/mol. The van der Waals surface area contributed by atoms with E-state index < -0.39 is 11.8 Å². The number of anilines is 1. The van der Waals surface area contributed by atoms with E-state index in [4.69, 9.17) is 18.6 Å². The minimum absolute atomic E-state index is 0.154. The van der Waals surface area contributed by atoms with Gasteiger partial charge in [0.15, 0.2) is 22.7 Å². The van der Waals surface area contributed by atoms with E-state index in [2.05, 4.69) is 10.6 Å². The third-order valence-electron chi connectivity index (χ3n) is 8.32. The van der Waals surface area contributed by atoms with E-state index in [1.807, 2.05) is 18.2 Å². The molecule has 0 unspecified atom stereocenters. The highest BCUT2D eigenvalue weighted by atomic mass is 16.5. The fraction of sp³-hybridized carbons (Fsp3) is 0.229. The van der Waals surface area contributed by atoms with Crippen molar-refractivity contribution < 1.29 is 28.2 Å². The molecule has 2 aliphatic rings. The zero-order chi connectivity index (χ0) is 31.0. The number of rotatable bonds is 7. The Balaban J connectivity index is 1.47. The molecule has 0 radical (unpaired) electrons. The lowest BCUT2D eigenvalue weighted by atomic mass is 9.71. The Morgan fingerprint density at radius 1 is 0.886 bits per heavy atom. The van der Waals surface area contributed by atoms with Crippen molar-refractivity contribution in [1.29, 1.82) is 0 Å². The molecule has 0 saturated carbocycles. The van der Waals surface area contributed by atoms with E-state index in [1.165, 1.54) is 13.4 Å². The van der Waals surface area contributed by atoms with E-state index in [0.717, 1.165) is 5.56 Å². The van der Waals surface area contributed by atoms with E-state index >= 15 is 0 Å². The van der Waals surface area contributed by atoms with Crippen LogP contribution in [0.1, 0.15) is 42.7 Å². The number of hydrogen-bond acceptors (Lipinski definition) is 8. The molecule has 0 saturated heterocycles. The second-order valence-corrected chi connectivity index (χ2v) is 10.8. The number of nitrogens with one attached hydrogen (secondary N) is 2. The molecule has 44 heavy (non-hydrogen) atoms. The van der Waals surface area contributed by atoms with Gasteiger partial charge in [0.2, 0.25) is 0 Å². The third kappa shape index (κ3) is 5.00. The van der Waals surface area contributed by atoms with E-state index in [1.54, 1.807) is 69.7 Å². The average Bonchev–Trinajstić information content (AvgIpc) is 3.04. The molecule has 224 valence electrons. The minimum Gasteiger partial charge on any atom is -0.495 e. The summed E-state index contributed by atoms with van der Waals surface area (Å²) < 4.78 is 22.2. The first-order valence-electron chi connectivity index (χ1n) is 14.2. The number of hydrogen-bond donors (Lipinski definition) is 2. The van der Waals surface area contributed by atoms with E-state index in [-0.39, 0.29) is 34.7 Å². The summed E-state index contributed by atoms with van der Waals surface area (Å²) in [5.41, 5.74) is 3.60. The fourth-order valence-electron chi connectivity index (χ4n) is 6.22. The molecule has 2 atom stereocenters. The number of amides is 1. The molecule has 1 aromatic heterocycles. The molecule has 1 aliphatic heterocycles. The largest absolute Gasteiger partial charge is 0.495 e. The lowest BCUT2D eigenvalue weighted by Crippen LogP contribution is -2.38. The summed E-state index contributed by atoms with van der Waals surface area (Å²) in [7, 11) is 4.67. The summed E-state index contributed by atoms with van der Waals surface area (Å²) in [5.74, 6) is -0.0613. The van der Waals surface area contributed by atoms with Gasteiger partial charge in [-0.2, -0.15) is 0 Å². The van der Waals surface area contributed by atoms with Crippen molar-refractivity contribution in [3.63, 3.8) is 0 Å². The Labute approximate surface area is 254 Å². The van der Waals surface area contributed by atoms with Crippen molar-refractivity contribution in [3.05, 3.63) is 117 Å². The van der Waals surface area contributed by atoms with Crippen LogP contribution in [0.15, 0.2) is 105 Å². The van der Waals surface area contributed by atoms with Gasteiger partial charge >= 0.3 is 0 Å². The van der Waals surface area contributed by atoms with Crippen molar-refractivity contribution in [2.24, 2.45) is 0 Å². The van der Waals surface area contributed by atoms with Gasteiger partial charge in [-0.25, -0.2) is 0 Å². The molecule has 1 amide bonds. The number of carbonyl (C=O) groups excluding carboxylic acids is 2. The zero-order valence-corrected chi connectivity index (χ0v) is 24.9. The molecule has 3 aromatic carbocycles. The first-order chi connectivity index (χ1) is 21.3. The maximum absolute atomic E-state index is 14.1. The molecular formula is C35H32N2O7. The van der Waals surface area contributed by atoms with Gasteiger partial charge in [0, 0.05) is 34.5 Å². The number of allylic oxidation sites excluding steroid dienone is 3. The number of methoxy groups -OCH3 is 3. The maximum Gasteiger partial charge on any atom is 0.254 e. The molecule has 9 heteroatoms. The lowest BCUT2D eigenvalue weighted by molar-refractivity contribution is -0.116. The van der Waals surface area contributed by atoms with Crippen LogP contribution in [0, 0.1) is 0 Å². The summed E-state index contributed by atoms with van der Waals surface area (Å²) in [5, 5.41) is 6.67. The predicted octanol–water partition coefficient (Wildman–Crippen LogP) is 5.82. The van der Waals surface area contributed by atoms with Gasteiger partial charge in [0.1, 0.15) is 11.3 Å². The average molecular weight is 593 g/mol. The molecule has 0 bridgehead atoms. The van der Waals surface area contributed by atoms with Crippen LogP contribution in [0.4, 0.5) is 5.69 Å². The van der Waals surface area contributed by atoms with Gasteiger partial charge in [0.05, 0.1) is 44.6 Å². The number of para-hydroxylation sites is 3. The van der Waals surface area contributed by atoms with E-state index in [0.29, 0.717) is 57.3 Å². The Hall–Kier alpha value is -5.31. The standard InChI is InChI=1S/C35H32N2O7/c1-19-31(35(40)37-24-10-6-8-12-28(24)41-2)32(23-18-44-27-11-7-5-9-22(27)34(23)39)33-25(36-19)15-21(16-26(33)38)20-13-14-29(42-3)30(17-20)43-4/h5-14,17-18,21,32,36H,15-16H2,1-4H3,(H,37,40)/t21-,32+/m0/s1. The smallest absolute Gasteiger partial charge is 0.254 e. The molecule has 0 spiro atoms. The minimum atomic E-state index is -0.944. The summed E-state index contributed by atoms with van der Waals surface area (Å²) in [4.78, 5) is 42.1. The summed E-state index contributed by atoms with van der Waals surface area (Å²) in [6.07, 6.45) is 2.05. The normalized spacial score (nSPS) is 18.0. The Kier molecular flexibility index (Phi) is 7.69. The number of dihydropyridines is 1. The third-order valence-corrected chi connectivity index (χ3v) is 8.32. The Morgan fingerprint density at radius 2 is 1.61 bits per heavy atom. The highest BCUT2D eigenvalue weighted by molar-refractivity contribution is 6.10. The van der Waals surface area contributed by atoms with Crippen molar-refractivity contribution >= 4 is 28.3 Å². The van der Waals surface area contributed by atoms with Crippen LogP contribution in [-0.4, -0.2) is 33.0 Å². The number of carbonyl (C=O) groups is 2. The van der Waals surface area contributed by atoms with Crippen molar-refractivity contribution in [2.75, 3.05) is 26.6 Å². The SMILES string of the molecule is COc1ccccc1NC(=O)C1=C(C)NC2=C(C(=O)C[C@@H](c3ccc(OC)c(OC)c3)C2)[C@@H]1c1coc2ccccc2c1=O. The molecule has 0 fully saturated rings. The number of ether oxygens (including phenoxy) is 3.